The first-order valence-corrected chi connectivity index (χ1v) is 35.2. The van der Waals surface area contributed by atoms with Crippen molar-refractivity contribution in [3.8, 4) is 0 Å². The minimum Gasteiger partial charge on any atom is -0.462 e. The largest absolute Gasteiger partial charge is 0.462 e. The van der Waals surface area contributed by atoms with Crippen LogP contribution in [-0.2, 0) is 28.6 Å². The molecular formula is C71H136O6. The van der Waals surface area contributed by atoms with Crippen molar-refractivity contribution in [1.29, 1.82) is 0 Å². The number of hydrogen-bond acceptors (Lipinski definition) is 6. The van der Waals surface area contributed by atoms with E-state index in [0.29, 0.717) is 19.3 Å². The summed E-state index contributed by atoms with van der Waals surface area (Å²) in [5.41, 5.74) is 0. The van der Waals surface area contributed by atoms with Crippen LogP contribution < -0.4 is 0 Å². The van der Waals surface area contributed by atoms with E-state index in [2.05, 4.69) is 32.9 Å². The zero-order chi connectivity index (χ0) is 55.7. The maximum atomic E-state index is 12.9. The second kappa shape index (κ2) is 66.7. The van der Waals surface area contributed by atoms with Crippen molar-refractivity contribution in [1.82, 2.24) is 0 Å². The summed E-state index contributed by atoms with van der Waals surface area (Å²) in [6.07, 6.45) is 79.5. The van der Waals surface area contributed by atoms with E-state index in [9.17, 15) is 14.4 Å². The van der Waals surface area contributed by atoms with E-state index < -0.39 is 6.10 Å². The number of ether oxygens (including phenoxy) is 3. The molecule has 0 bridgehead atoms. The molecule has 6 nitrogen and oxygen atoms in total. The average Bonchev–Trinajstić information content (AvgIpc) is 3.43. The van der Waals surface area contributed by atoms with Crippen LogP contribution >= 0.6 is 0 Å². The zero-order valence-electron chi connectivity index (χ0n) is 52.5. The lowest BCUT2D eigenvalue weighted by atomic mass is 10.0. The lowest BCUT2D eigenvalue weighted by molar-refractivity contribution is -0.167. The molecule has 0 aromatic heterocycles. The van der Waals surface area contributed by atoms with Gasteiger partial charge in [0, 0.05) is 19.3 Å². The van der Waals surface area contributed by atoms with Gasteiger partial charge in [-0.1, -0.05) is 354 Å². The monoisotopic (exact) mass is 1090 g/mol. The summed E-state index contributed by atoms with van der Waals surface area (Å²) in [5, 5.41) is 0. The Labute approximate surface area is 481 Å². The Morgan fingerprint density at radius 1 is 0.247 bits per heavy atom. The summed E-state index contributed by atoms with van der Waals surface area (Å²) >= 11 is 0. The lowest BCUT2D eigenvalue weighted by Gasteiger charge is -2.18. The highest BCUT2D eigenvalue weighted by molar-refractivity contribution is 5.71. The van der Waals surface area contributed by atoms with E-state index in [1.807, 2.05) is 0 Å². The molecule has 0 spiro atoms. The van der Waals surface area contributed by atoms with Gasteiger partial charge in [0.1, 0.15) is 13.2 Å². The molecule has 0 aromatic rings. The molecule has 0 fully saturated rings. The van der Waals surface area contributed by atoms with Crippen molar-refractivity contribution in [3.05, 3.63) is 12.2 Å². The summed E-state index contributed by atoms with van der Waals surface area (Å²) < 4.78 is 17.0. The van der Waals surface area contributed by atoms with Gasteiger partial charge in [0.05, 0.1) is 0 Å². The van der Waals surface area contributed by atoms with Gasteiger partial charge in [-0.05, 0) is 44.9 Å². The Bertz CT molecular complexity index is 1200. The summed E-state index contributed by atoms with van der Waals surface area (Å²) in [6.45, 7) is 6.73. The molecule has 6 heteroatoms. The van der Waals surface area contributed by atoms with E-state index in [0.717, 1.165) is 57.8 Å². The molecule has 0 radical (unpaired) electrons. The van der Waals surface area contributed by atoms with Gasteiger partial charge in [-0.3, -0.25) is 14.4 Å². The van der Waals surface area contributed by atoms with Gasteiger partial charge >= 0.3 is 17.9 Å². The molecule has 0 saturated heterocycles. The van der Waals surface area contributed by atoms with E-state index in [4.69, 9.17) is 14.2 Å². The smallest absolute Gasteiger partial charge is 0.306 e. The maximum absolute atomic E-state index is 12.9. The van der Waals surface area contributed by atoms with E-state index in [1.165, 1.54) is 308 Å². The second-order valence-corrected chi connectivity index (χ2v) is 24.2. The highest BCUT2D eigenvalue weighted by atomic mass is 16.6. The van der Waals surface area contributed by atoms with Crippen LogP contribution in [-0.4, -0.2) is 37.2 Å². The number of hydrogen-bond donors (Lipinski definition) is 0. The van der Waals surface area contributed by atoms with E-state index in [-0.39, 0.29) is 31.1 Å². The third-order valence-electron chi connectivity index (χ3n) is 16.3. The molecule has 0 aliphatic heterocycles. The number of unbranched alkanes of at least 4 members (excludes halogenated alkanes) is 53. The summed E-state index contributed by atoms with van der Waals surface area (Å²) in [7, 11) is 0. The Hall–Kier alpha value is -1.85. The molecule has 0 aliphatic carbocycles. The highest BCUT2D eigenvalue weighted by Crippen LogP contribution is 2.19. The van der Waals surface area contributed by atoms with Crippen LogP contribution in [0.25, 0.3) is 0 Å². The van der Waals surface area contributed by atoms with Gasteiger partial charge in [0.2, 0.25) is 0 Å². The normalized spacial score (nSPS) is 12.0. The van der Waals surface area contributed by atoms with E-state index >= 15 is 0 Å². The van der Waals surface area contributed by atoms with Crippen molar-refractivity contribution in [2.45, 2.75) is 412 Å². The molecule has 0 heterocycles. The van der Waals surface area contributed by atoms with Crippen LogP contribution in [0.1, 0.15) is 406 Å². The molecule has 1 atom stereocenters. The SMILES string of the molecule is CCCCCCCC/C=C\CCCCCCCCCCCC(=O)OC(COC(=O)CCCCCCCCCCCCCCCCCCC)COC(=O)CCCCCCCCCCCCCCCCCCCCCCCCC. The Morgan fingerprint density at radius 2 is 0.429 bits per heavy atom. The van der Waals surface area contributed by atoms with Crippen molar-refractivity contribution in [2.24, 2.45) is 0 Å². The summed E-state index contributed by atoms with van der Waals surface area (Å²) in [4.78, 5) is 38.4. The minimum atomic E-state index is -0.767. The van der Waals surface area contributed by atoms with Crippen LogP contribution in [0.4, 0.5) is 0 Å². The summed E-state index contributed by atoms with van der Waals surface area (Å²) in [6, 6.07) is 0. The molecular weight excluding hydrogens is 949 g/mol. The minimum absolute atomic E-state index is 0.0637. The van der Waals surface area contributed by atoms with Gasteiger partial charge in [0.25, 0.3) is 0 Å². The molecule has 0 aliphatic rings. The fraction of sp³-hybridized carbons (Fsp3) is 0.930. The first-order chi connectivity index (χ1) is 38.0. The van der Waals surface area contributed by atoms with Gasteiger partial charge in [-0.2, -0.15) is 0 Å². The zero-order valence-corrected chi connectivity index (χ0v) is 52.5. The van der Waals surface area contributed by atoms with Crippen molar-refractivity contribution in [2.75, 3.05) is 13.2 Å². The van der Waals surface area contributed by atoms with Crippen LogP contribution in [0.3, 0.4) is 0 Å². The third-order valence-corrected chi connectivity index (χ3v) is 16.3. The van der Waals surface area contributed by atoms with Crippen molar-refractivity contribution >= 4 is 17.9 Å². The predicted octanol–water partition coefficient (Wildman–Crippen LogP) is 24.0. The first-order valence-electron chi connectivity index (χ1n) is 35.2. The van der Waals surface area contributed by atoms with Gasteiger partial charge in [0.15, 0.2) is 6.10 Å². The van der Waals surface area contributed by atoms with Crippen LogP contribution in [0, 0.1) is 0 Å². The Balaban J connectivity index is 4.27. The van der Waals surface area contributed by atoms with Gasteiger partial charge in [-0.15, -0.1) is 0 Å². The van der Waals surface area contributed by atoms with Crippen LogP contribution in [0.15, 0.2) is 12.2 Å². The van der Waals surface area contributed by atoms with Gasteiger partial charge in [-0.25, -0.2) is 0 Å². The predicted molar refractivity (Wildman–Crippen MR) is 335 cm³/mol. The molecule has 0 amide bonds. The van der Waals surface area contributed by atoms with Crippen molar-refractivity contribution < 1.29 is 28.6 Å². The quantitative estimate of drug-likeness (QED) is 0.0261. The molecule has 77 heavy (non-hydrogen) atoms. The average molecular weight is 1090 g/mol. The van der Waals surface area contributed by atoms with E-state index in [1.54, 1.807) is 0 Å². The molecule has 0 rings (SSSR count). The molecule has 0 N–H and O–H groups in total. The Kier molecular flexibility index (Phi) is 65.1. The number of carbonyl (C=O) groups is 3. The molecule has 0 saturated carbocycles. The molecule has 1 unspecified atom stereocenters. The number of allylic oxidation sites excluding steroid dienone is 2. The second-order valence-electron chi connectivity index (χ2n) is 24.2. The third kappa shape index (κ3) is 64.9. The molecule has 456 valence electrons. The fourth-order valence-electron chi connectivity index (χ4n) is 11.0. The number of rotatable bonds is 66. The number of esters is 3. The van der Waals surface area contributed by atoms with Gasteiger partial charge < -0.3 is 14.2 Å². The van der Waals surface area contributed by atoms with Crippen LogP contribution in [0.2, 0.25) is 0 Å². The summed E-state index contributed by atoms with van der Waals surface area (Å²) in [5.74, 6) is -0.829. The Morgan fingerprint density at radius 3 is 0.649 bits per heavy atom. The topological polar surface area (TPSA) is 78.9 Å². The van der Waals surface area contributed by atoms with Crippen LogP contribution in [0.5, 0.6) is 0 Å². The number of carbonyl (C=O) groups excluding carboxylic acids is 3. The molecule has 0 aromatic carbocycles. The van der Waals surface area contributed by atoms with Crippen molar-refractivity contribution in [3.63, 3.8) is 0 Å². The maximum Gasteiger partial charge on any atom is 0.306 e. The fourth-order valence-corrected chi connectivity index (χ4v) is 11.0. The lowest BCUT2D eigenvalue weighted by Crippen LogP contribution is -2.30. The standard InChI is InChI=1S/C71H136O6/c1-4-7-10-13-16-19-22-25-28-31-33-34-35-36-38-40-43-46-49-52-55-58-61-64-70(73)76-67-68(66-75-69(72)63-60-57-54-51-48-45-42-39-30-27-24-21-18-15-12-9-6-3)77-71(74)65-62-59-56-53-50-47-44-41-37-32-29-26-23-20-17-14-11-8-5-2/h26,29,68H,4-25,27-28,30-67H2,1-3H3/b29-26-. The highest BCUT2D eigenvalue weighted by Gasteiger charge is 2.19. The first kappa shape index (κ1) is 75.2.